The Labute approximate surface area is 122 Å². The van der Waals surface area contributed by atoms with E-state index >= 15 is 0 Å². The first-order chi connectivity index (χ1) is 9.63. The molecule has 0 bridgehead atoms. The first kappa shape index (κ1) is 16.2. The van der Waals surface area contributed by atoms with Crippen LogP contribution in [0.25, 0.3) is 0 Å². The van der Waals surface area contributed by atoms with Gasteiger partial charge in [-0.05, 0) is 25.8 Å². The standard InChI is InChI=1S/C18H24O2/c1-4-5-9-15(2)16(3)12-13-20-18(19)14-17-10-7-6-8-11-17/h5-11H,4,12-14H2,1-3H3/b9-5+,16-15+. The van der Waals surface area contributed by atoms with Gasteiger partial charge in [-0.15, -0.1) is 0 Å². The Morgan fingerprint density at radius 3 is 2.55 bits per heavy atom. The van der Waals surface area contributed by atoms with Crippen molar-refractivity contribution in [3.05, 3.63) is 59.2 Å². The Hall–Kier alpha value is -1.83. The zero-order valence-electron chi connectivity index (χ0n) is 12.7. The van der Waals surface area contributed by atoms with Crippen LogP contribution in [0.1, 0.15) is 39.2 Å². The molecular weight excluding hydrogens is 248 g/mol. The Bertz CT molecular complexity index is 469. The zero-order valence-corrected chi connectivity index (χ0v) is 12.7. The molecule has 108 valence electrons. The van der Waals surface area contributed by atoms with Gasteiger partial charge in [0.15, 0.2) is 0 Å². The second-order valence-corrected chi connectivity index (χ2v) is 4.91. The van der Waals surface area contributed by atoms with E-state index in [9.17, 15) is 4.79 Å². The summed E-state index contributed by atoms with van der Waals surface area (Å²) in [7, 11) is 0. The third-order valence-electron chi connectivity index (χ3n) is 3.21. The number of hydrogen-bond acceptors (Lipinski definition) is 2. The van der Waals surface area contributed by atoms with Crippen molar-refractivity contribution >= 4 is 5.97 Å². The average molecular weight is 272 g/mol. The van der Waals surface area contributed by atoms with Gasteiger partial charge in [-0.25, -0.2) is 0 Å². The van der Waals surface area contributed by atoms with Gasteiger partial charge in [0.05, 0.1) is 13.0 Å². The van der Waals surface area contributed by atoms with Crippen LogP contribution in [0.3, 0.4) is 0 Å². The monoisotopic (exact) mass is 272 g/mol. The van der Waals surface area contributed by atoms with Crippen molar-refractivity contribution in [1.82, 2.24) is 0 Å². The predicted octanol–water partition coefficient (Wildman–Crippen LogP) is 4.47. The molecule has 0 saturated heterocycles. The molecule has 20 heavy (non-hydrogen) atoms. The zero-order chi connectivity index (χ0) is 14.8. The molecule has 0 fully saturated rings. The minimum atomic E-state index is -0.161. The van der Waals surface area contributed by atoms with Crippen molar-refractivity contribution in [1.29, 1.82) is 0 Å². The van der Waals surface area contributed by atoms with E-state index in [0.717, 1.165) is 18.4 Å². The molecular formula is C18H24O2. The van der Waals surface area contributed by atoms with Gasteiger partial charge in [0, 0.05) is 6.42 Å². The van der Waals surface area contributed by atoms with E-state index in [1.54, 1.807) is 0 Å². The number of esters is 1. The van der Waals surface area contributed by atoms with Crippen LogP contribution in [-0.4, -0.2) is 12.6 Å². The lowest BCUT2D eigenvalue weighted by molar-refractivity contribution is -0.142. The molecule has 0 aliphatic heterocycles. The van der Waals surface area contributed by atoms with Gasteiger partial charge in [-0.1, -0.05) is 60.6 Å². The number of rotatable bonds is 7. The van der Waals surface area contributed by atoms with Crippen molar-refractivity contribution in [2.45, 2.75) is 40.0 Å². The number of benzene rings is 1. The molecule has 1 rings (SSSR count). The topological polar surface area (TPSA) is 26.3 Å². The van der Waals surface area contributed by atoms with Crippen molar-refractivity contribution in [3.63, 3.8) is 0 Å². The molecule has 0 amide bonds. The first-order valence-electron chi connectivity index (χ1n) is 7.16. The van der Waals surface area contributed by atoms with Gasteiger partial charge in [0.25, 0.3) is 0 Å². The summed E-state index contributed by atoms with van der Waals surface area (Å²) < 4.78 is 5.27. The Morgan fingerprint density at radius 2 is 1.90 bits per heavy atom. The van der Waals surface area contributed by atoms with Gasteiger partial charge in [-0.3, -0.25) is 4.79 Å². The fourth-order valence-electron chi connectivity index (χ4n) is 1.77. The largest absolute Gasteiger partial charge is 0.465 e. The molecule has 2 nitrogen and oxygen atoms in total. The Kier molecular flexibility index (Phi) is 7.41. The minimum absolute atomic E-state index is 0.161. The summed E-state index contributed by atoms with van der Waals surface area (Å²) in [6, 6.07) is 9.67. The second-order valence-electron chi connectivity index (χ2n) is 4.91. The average Bonchev–Trinajstić information content (AvgIpc) is 2.45. The van der Waals surface area contributed by atoms with Crippen LogP contribution in [0.2, 0.25) is 0 Å². The van der Waals surface area contributed by atoms with E-state index in [-0.39, 0.29) is 5.97 Å². The summed E-state index contributed by atoms with van der Waals surface area (Å²) in [4.78, 5) is 11.7. The SMILES string of the molecule is CC/C=C/C(C)=C(\C)CCOC(=O)Cc1ccccc1. The van der Waals surface area contributed by atoms with E-state index in [4.69, 9.17) is 4.74 Å². The van der Waals surface area contributed by atoms with Crippen molar-refractivity contribution in [3.8, 4) is 0 Å². The highest BCUT2D eigenvalue weighted by molar-refractivity contribution is 5.72. The highest BCUT2D eigenvalue weighted by atomic mass is 16.5. The fraction of sp³-hybridized carbons (Fsp3) is 0.389. The summed E-state index contributed by atoms with van der Waals surface area (Å²) in [5.74, 6) is -0.161. The molecule has 0 N–H and O–H groups in total. The van der Waals surface area contributed by atoms with Gasteiger partial charge in [-0.2, -0.15) is 0 Å². The molecule has 1 aromatic carbocycles. The summed E-state index contributed by atoms with van der Waals surface area (Å²) >= 11 is 0. The Morgan fingerprint density at radius 1 is 1.20 bits per heavy atom. The lowest BCUT2D eigenvalue weighted by Crippen LogP contribution is -2.09. The van der Waals surface area contributed by atoms with E-state index in [1.165, 1.54) is 11.1 Å². The first-order valence-corrected chi connectivity index (χ1v) is 7.16. The number of ether oxygens (including phenoxy) is 1. The number of hydrogen-bond donors (Lipinski definition) is 0. The number of carbonyl (C=O) groups excluding carboxylic acids is 1. The van der Waals surface area contributed by atoms with Crippen LogP contribution < -0.4 is 0 Å². The predicted molar refractivity (Wildman–Crippen MR) is 83.5 cm³/mol. The van der Waals surface area contributed by atoms with Gasteiger partial charge < -0.3 is 4.74 Å². The third kappa shape index (κ3) is 6.37. The number of carbonyl (C=O) groups is 1. The van der Waals surface area contributed by atoms with Gasteiger partial charge in [0.2, 0.25) is 0 Å². The van der Waals surface area contributed by atoms with E-state index in [0.29, 0.717) is 13.0 Å². The van der Waals surface area contributed by atoms with Crippen LogP contribution in [0.15, 0.2) is 53.6 Å². The summed E-state index contributed by atoms with van der Waals surface area (Å²) in [5, 5.41) is 0. The van der Waals surface area contributed by atoms with Crippen molar-refractivity contribution < 1.29 is 9.53 Å². The quantitative estimate of drug-likeness (QED) is 0.541. The molecule has 0 aliphatic rings. The fourth-order valence-corrected chi connectivity index (χ4v) is 1.77. The number of allylic oxidation sites excluding steroid dienone is 3. The van der Waals surface area contributed by atoms with Crippen LogP contribution >= 0.6 is 0 Å². The lowest BCUT2D eigenvalue weighted by atomic mass is 10.1. The van der Waals surface area contributed by atoms with Gasteiger partial charge >= 0.3 is 5.97 Å². The van der Waals surface area contributed by atoms with Crippen molar-refractivity contribution in [2.24, 2.45) is 0 Å². The van der Waals surface area contributed by atoms with E-state index in [1.807, 2.05) is 30.3 Å². The highest BCUT2D eigenvalue weighted by Gasteiger charge is 2.04. The highest BCUT2D eigenvalue weighted by Crippen LogP contribution is 2.10. The molecule has 0 radical (unpaired) electrons. The minimum Gasteiger partial charge on any atom is -0.465 e. The normalized spacial score (nSPS) is 12.3. The maximum atomic E-state index is 11.7. The lowest BCUT2D eigenvalue weighted by Gasteiger charge is -2.07. The molecule has 0 atom stereocenters. The maximum absolute atomic E-state index is 11.7. The smallest absolute Gasteiger partial charge is 0.310 e. The molecule has 0 spiro atoms. The molecule has 0 heterocycles. The molecule has 0 aliphatic carbocycles. The Balaban J connectivity index is 2.33. The van der Waals surface area contributed by atoms with Crippen molar-refractivity contribution in [2.75, 3.05) is 6.61 Å². The summed E-state index contributed by atoms with van der Waals surface area (Å²) in [5.41, 5.74) is 3.51. The summed E-state index contributed by atoms with van der Waals surface area (Å²) in [6.07, 6.45) is 6.44. The van der Waals surface area contributed by atoms with Crippen LogP contribution in [0, 0.1) is 0 Å². The van der Waals surface area contributed by atoms with Crippen LogP contribution in [-0.2, 0) is 16.0 Å². The van der Waals surface area contributed by atoms with Crippen LogP contribution in [0.5, 0.6) is 0 Å². The molecule has 0 unspecified atom stereocenters. The summed E-state index contributed by atoms with van der Waals surface area (Å²) in [6.45, 7) is 6.74. The molecule has 2 heteroatoms. The third-order valence-corrected chi connectivity index (χ3v) is 3.21. The maximum Gasteiger partial charge on any atom is 0.310 e. The molecule has 0 aromatic heterocycles. The molecule has 1 aromatic rings. The molecule has 0 saturated carbocycles. The second kappa shape index (κ2) is 9.13. The van der Waals surface area contributed by atoms with Gasteiger partial charge in [0.1, 0.15) is 0 Å². The van der Waals surface area contributed by atoms with Crippen LogP contribution in [0.4, 0.5) is 0 Å². The van der Waals surface area contributed by atoms with E-state index < -0.39 is 0 Å². The van der Waals surface area contributed by atoms with E-state index in [2.05, 4.69) is 32.9 Å².